The number of pyridine rings is 1. The number of allylic oxidation sites excluding steroid dienone is 1. The van der Waals surface area contributed by atoms with E-state index < -0.39 is 0 Å². The maximum Gasteiger partial charge on any atom is 0.209 e. The molecule has 4 rings (SSSR count). The van der Waals surface area contributed by atoms with Gasteiger partial charge in [0.1, 0.15) is 10.3 Å². The molecule has 2 aliphatic rings. The normalized spacial score (nSPS) is 18.1. The fourth-order valence-corrected chi connectivity index (χ4v) is 4.83. The smallest absolute Gasteiger partial charge is 0.209 e. The van der Waals surface area contributed by atoms with Gasteiger partial charge in [-0.3, -0.25) is 9.69 Å². The lowest BCUT2D eigenvalue weighted by atomic mass is 10.0. The topological polar surface area (TPSA) is 129 Å². The number of nitrogens with one attached hydrogen (secondary N) is 1. The summed E-state index contributed by atoms with van der Waals surface area (Å²) in [6, 6.07) is 4.22. The molecule has 1 unspecified atom stereocenters. The van der Waals surface area contributed by atoms with Crippen molar-refractivity contribution in [2.24, 2.45) is 16.6 Å². The molecule has 212 valence electrons. The number of fused-ring (bicyclic) bond motifs is 1. The molecule has 2 aromatic rings. The van der Waals surface area contributed by atoms with Crippen molar-refractivity contribution in [2.75, 3.05) is 58.3 Å². The standard InChI is InChI=1S/C18H25N5OS.C6H12N2O.C3H8O/c1-14(21-18-22-16-4-3-6-20-17(16)25-18)12-15(5-7-19-2)13-23-8-10-24-11-9-23;7-6-1-3-8(5-9)4-2-6;1-3(2)4/h3-4,6-7,12,15H,5,8-11,13H2,1-2H3,(H,21,22);5-6H,1-4,7H2;3-4H,1-2H3/b14-12+,19-7?;;. The van der Waals surface area contributed by atoms with E-state index in [-0.39, 0.29) is 6.10 Å². The third-order valence-electron chi connectivity index (χ3n) is 5.87. The van der Waals surface area contributed by atoms with Crippen molar-refractivity contribution in [1.82, 2.24) is 19.8 Å². The first-order valence-electron chi connectivity index (χ1n) is 13.3. The minimum atomic E-state index is -0.167. The number of aliphatic imine (C=N–C) groups is 1. The summed E-state index contributed by atoms with van der Waals surface area (Å²) in [7, 11) is 1.83. The Kier molecular flexibility index (Phi) is 15.0. The Hall–Kier alpha value is -2.44. The van der Waals surface area contributed by atoms with E-state index in [1.54, 1.807) is 36.3 Å². The zero-order chi connectivity index (χ0) is 27.8. The van der Waals surface area contributed by atoms with Crippen LogP contribution in [0.1, 0.15) is 40.0 Å². The number of hydrogen-bond donors (Lipinski definition) is 3. The lowest BCUT2D eigenvalue weighted by molar-refractivity contribution is -0.119. The van der Waals surface area contributed by atoms with Crippen LogP contribution in [-0.4, -0.2) is 103 Å². The fourth-order valence-electron chi connectivity index (χ4n) is 3.96. The van der Waals surface area contributed by atoms with Gasteiger partial charge in [0, 0.05) is 63.8 Å². The number of thiazole rings is 1. The number of nitrogens with two attached hydrogens (primary N) is 1. The first-order chi connectivity index (χ1) is 18.3. The number of ether oxygens (including phenoxy) is 1. The largest absolute Gasteiger partial charge is 0.394 e. The molecule has 1 atom stereocenters. The van der Waals surface area contributed by atoms with Crippen LogP contribution in [0.3, 0.4) is 0 Å². The predicted molar refractivity (Wildman–Crippen MR) is 157 cm³/mol. The molecule has 0 aromatic carbocycles. The maximum absolute atomic E-state index is 10.2. The molecule has 0 spiro atoms. The number of amides is 1. The number of piperidine rings is 1. The van der Waals surface area contributed by atoms with Gasteiger partial charge >= 0.3 is 0 Å². The summed E-state index contributed by atoms with van der Waals surface area (Å²) in [6.45, 7) is 11.9. The van der Waals surface area contributed by atoms with Crippen LogP contribution < -0.4 is 11.1 Å². The Balaban J connectivity index is 0.000000322. The Labute approximate surface area is 231 Å². The minimum Gasteiger partial charge on any atom is -0.394 e. The number of hydrogen-bond acceptors (Lipinski definition) is 10. The molecular weight excluding hydrogens is 502 g/mol. The van der Waals surface area contributed by atoms with E-state index in [0.29, 0.717) is 12.0 Å². The Bertz CT molecular complexity index is 948. The second-order valence-corrected chi connectivity index (χ2v) is 10.7. The number of anilines is 1. The maximum atomic E-state index is 10.2. The van der Waals surface area contributed by atoms with E-state index in [4.69, 9.17) is 15.6 Å². The molecule has 2 aliphatic heterocycles. The molecule has 2 fully saturated rings. The van der Waals surface area contributed by atoms with Crippen LogP contribution in [0.15, 0.2) is 35.1 Å². The van der Waals surface area contributed by atoms with E-state index >= 15 is 0 Å². The minimum absolute atomic E-state index is 0.167. The number of nitrogens with zero attached hydrogens (tertiary/aromatic N) is 5. The van der Waals surface area contributed by atoms with Gasteiger partial charge in [-0.1, -0.05) is 17.4 Å². The summed E-state index contributed by atoms with van der Waals surface area (Å²) in [5.74, 6) is 0.418. The van der Waals surface area contributed by atoms with E-state index in [2.05, 4.69) is 38.2 Å². The van der Waals surface area contributed by atoms with Gasteiger partial charge in [-0.2, -0.15) is 0 Å². The van der Waals surface area contributed by atoms with E-state index in [1.807, 2.05) is 25.4 Å². The van der Waals surface area contributed by atoms with E-state index in [9.17, 15) is 4.79 Å². The molecule has 4 heterocycles. The molecule has 0 saturated carbocycles. The summed E-state index contributed by atoms with van der Waals surface area (Å²) in [4.78, 5) is 28.4. The number of carbonyl (C=O) groups is 1. The first-order valence-corrected chi connectivity index (χ1v) is 14.1. The zero-order valence-electron chi connectivity index (χ0n) is 23.3. The number of aromatic nitrogens is 2. The van der Waals surface area contributed by atoms with Gasteiger partial charge in [-0.25, -0.2) is 9.97 Å². The van der Waals surface area contributed by atoms with Gasteiger partial charge in [0.05, 0.1) is 13.2 Å². The summed E-state index contributed by atoms with van der Waals surface area (Å²) >= 11 is 1.58. The van der Waals surface area contributed by atoms with Crippen molar-refractivity contribution < 1.29 is 14.6 Å². The molecular formula is C27H45N7O3S. The van der Waals surface area contributed by atoms with Crippen LogP contribution in [-0.2, 0) is 9.53 Å². The molecule has 2 aromatic heterocycles. The van der Waals surface area contributed by atoms with Gasteiger partial charge in [-0.15, -0.1) is 0 Å². The van der Waals surface area contributed by atoms with E-state index in [0.717, 1.165) is 92.8 Å². The highest BCUT2D eigenvalue weighted by molar-refractivity contribution is 7.21. The molecule has 0 radical (unpaired) electrons. The van der Waals surface area contributed by atoms with Crippen molar-refractivity contribution in [1.29, 1.82) is 0 Å². The van der Waals surface area contributed by atoms with Crippen LogP contribution in [0.25, 0.3) is 10.3 Å². The second kappa shape index (κ2) is 18.0. The van der Waals surface area contributed by atoms with Crippen LogP contribution in [0.5, 0.6) is 0 Å². The van der Waals surface area contributed by atoms with Crippen molar-refractivity contribution in [2.45, 2.75) is 52.2 Å². The number of carbonyl (C=O) groups excluding carboxylic acids is 1. The SMILES string of the molecule is CC(C)O.CN=CCC(/C=C(\C)Nc1nc2cccnc2s1)CN1CCOCC1.NC1CCN(C=O)CC1. The van der Waals surface area contributed by atoms with Crippen LogP contribution in [0.4, 0.5) is 5.13 Å². The van der Waals surface area contributed by atoms with Crippen LogP contribution in [0.2, 0.25) is 0 Å². The number of aliphatic hydroxyl groups excluding tert-OH is 1. The van der Waals surface area contributed by atoms with Crippen molar-refractivity contribution in [3.63, 3.8) is 0 Å². The highest BCUT2D eigenvalue weighted by Crippen LogP contribution is 2.25. The van der Waals surface area contributed by atoms with Crippen molar-refractivity contribution >= 4 is 39.4 Å². The van der Waals surface area contributed by atoms with Gasteiger partial charge in [0.15, 0.2) is 5.13 Å². The average Bonchev–Trinajstić information content (AvgIpc) is 3.30. The first kappa shape index (κ1) is 31.8. The molecule has 1 amide bonds. The molecule has 11 heteroatoms. The lowest BCUT2D eigenvalue weighted by Gasteiger charge is -2.29. The predicted octanol–water partition coefficient (Wildman–Crippen LogP) is 3.00. The Morgan fingerprint density at radius 1 is 1.32 bits per heavy atom. The van der Waals surface area contributed by atoms with Crippen molar-refractivity contribution in [3.8, 4) is 0 Å². The molecule has 4 N–H and O–H groups in total. The van der Waals surface area contributed by atoms with E-state index in [1.165, 1.54) is 0 Å². The summed E-state index contributed by atoms with van der Waals surface area (Å²) in [5, 5.41) is 12.4. The second-order valence-electron chi connectivity index (χ2n) is 9.74. The molecule has 2 saturated heterocycles. The third-order valence-corrected chi connectivity index (χ3v) is 6.76. The molecule has 10 nitrogen and oxygen atoms in total. The van der Waals surface area contributed by atoms with Gasteiger partial charge in [0.25, 0.3) is 0 Å². The molecule has 38 heavy (non-hydrogen) atoms. The van der Waals surface area contributed by atoms with Crippen molar-refractivity contribution in [3.05, 3.63) is 30.1 Å². The Morgan fingerprint density at radius 3 is 2.61 bits per heavy atom. The average molecular weight is 548 g/mol. The lowest BCUT2D eigenvalue weighted by Crippen LogP contribution is -2.39. The monoisotopic (exact) mass is 547 g/mol. The van der Waals surface area contributed by atoms with Crippen LogP contribution in [0, 0.1) is 5.92 Å². The number of rotatable bonds is 8. The number of morpholine rings is 1. The number of likely N-dealkylation sites (tertiary alicyclic amines) is 1. The highest BCUT2D eigenvalue weighted by atomic mass is 32.1. The van der Waals surface area contributed by atoms with Gasteiger partial charge in [0.2, 0.25) is 6.41 Å². The third kappa shape index (κ3) is 12.9. The highest BCUT2D eigenvalue weighted by Gasteiger charge is 2.16. The molecule has 0 bridgehead atoms. The quantitative estimate of drug-likeness (QED) is 0.340. The zero-order valence-corrected chi connectivity index (χ0v) is 24.1. The molecule has 0 aliphatic carbocycles. The van der Waals surface area contributed by atoms with Crippen LogP contribution >= 0.6 is 11.3 Å². The van der Waals surface area contributed by atoms with Gasteiger partial charge in [-0.05, 0) is 64.3 Å². The number of aliphatic hydroxyl groups is 1. The van der Waals surface area contributed by atoms with Gasteiger partial charge < -0.3 is 30.8 Å². The summed E-state index contributed by atoms with van der Waals surface area (Å²) < 4.78 is 5.44. The fraction of sp³-hybridized carbons (Fsp3) is 0.630. The summed E-state index contributed by atoms with van der Waals surface area (Å²) in [6.07, 6.45) is 9.67. The Morgan fingerprint density at radius 2 is 2.00 bits per heavy atom. The summed E-state index contributed by atoms with van der Waals surface area (Å²) in [5.41, 5.74) is 7.66.